The molecule has 0 saturated carbocycles. The Balaban J connectivity index is 1.47. The molecule has 0 aliphatic carbocycles. The molecule has 1 atom stereocenters. The average molecular weight is 548 g/mol. The van der Waals surface area contributed by atoms with Gasteiger partial charge in [-0.2, -0.15) is 0 Å². The van der Waals surface area contributed by atoms with E-state index in [0.717, 1.165) is 25.4 Å². The van der Waals surface area contributed by atoms with Crippen molar-refractivity contribution in [2.24, 2.45) is 0 Å². The molecular formula is C33H57NO3S. The molecule has 5 heteroatoms. The predicted molar refractivity (Wildman–Crippen MR) is 164 cm³/mol. The van der Waals surface area contributed by atoms with Gasteiger partial charge in [0.2, 0.25) is 0 Å². The monoisotopic (exact) mass is 547 g/mol. The molecule has 4 nitrogen and oxygen atoms in total. The van der Waals surface area contributed by atoms with Gasteiger partial charge in [-0.3, -0.25) is 0 Å². The molecule has 1 aromatic carbocycles. The second-order valence-electron chi connectivity index (χ2n) is 10.8. The van der Waals surface area contributed by atoms with E-state index in [1.165, 1.54) is 99.5 Å². The fraction of sp³-hybridized carbons (Fsp3) is 0.758. The lowest BCUT2D eigenvalue weighted by atomic mass is 10.0. The minimum Gasteiger partial charge on any atom is -0.379 e. The first-order valence-electron chi connectivity index (χ1n) is 15.6. The Morgan fingerprint density at radius 2 is 1.34 bits per heavy atom. The van der Waals surface area contributed by atoms with Crippen molar-refractivity contribution in [3.63, 3.8) is 0 Å². The average Bonchev–Trinajstić information content (AvgIpc) is 3.33. The standard InChI is InChI=1S/C33H57NO3S/c1-4-6-7-8-9-10-11-12-13-14-15-16-17-20-23-35-27-33(37-5-2)28-36-26-32-22-19-18-21-31(32)25-34-24-30(3)38-29-34/h18-19,21-22,24,33H,4-17,20,23,25-29H2,1-3H3. The molecule has 0 bridgehead atoms. The van der Waals surface area contributed by atoms with E-state index in [0.29, 0.717) is 26.4 Å². The van der Waals surface area contributed by atoms with E-state index in [1.807, 2.05) is 18.7 Å². The summed E-state index contributed by atoms with van der Waals surface area (Å²) in [5.41, 5.74) is 2.59. The van der Waals surface area contributed by atoms with Gasteiger partial charge in [-0.15, -0.1) is 11.8 Å². The van der Waals surface area contributed by atoms with Crippen LogP contribution in [0.3, 0.4) is 0 Å². The van der Waals surface area contributed by atoms with Crippen LogP contribution >= 0.6 is 11.8 Å². The molecule has 0 N–H and O–H groups in total. The van der Waals surface area contributed by atoms with Crippen molar-refractivity contribution in [3.05, 3.63) is 46.5 Å². The van der Waals surface area contributed by atoms with E-state index in [1.54, 1.807) is 0 Å². The lowest BCUT2D eigenvalue weighted by molar-refractivity contribution is -0.0602. The van der Waals surface area contributed by atoms with Crippen LogP contribution in [0.2, 0.25) is 0 Å². The van der Waals surface area contributed by atoms with Crippen LogP contribution < -0.4 is 0 Å². The van der Waals surface area contributed by atoms with Crippen molar-refractivity contribution in [3.8, 4) is 0 Å². The Morgan fingerprint density at radius 1 is 0.763 bits per heavy atom. The third kappa shape index (κ3) is 16.2. The molecule has 0 saturated heterocycles. The summed E-state index contributed by atoms with van der Waals surface area (Å²) in [5, 5.41) is 0. The smallest absolute Gasteiger partial charge is 0.104 e. The third-order valence-electron chi connectivity index (χ3n) is 7.22. The molecule has 38 heavy (non-hydrogen) atoms. The summed E-state index contributed by atoms with van der Waals surface area (Å²) >= 11 is 1.90. The normalized spacial score (nSPS) is 14.3. The number of nitrogens with zero attached hydrogens (tertiary/aromatic N) is 1. The van der Waals surface area contributed by atoms with Crippen molar-refractivity contribution in [2.45, 2.75) is 130 Å². The van der Waals surface area contributed by atoms with Crippen molar-refractivity contribution in [1.82, 2.24) is 4.90 Å². The number of hydrogen-bond donors (Lipinski definition) is 0. The Hall–Kier alpha value is -1.01. The van der Waals surface area contributed by atoms with Gasteiger partial charge in [-0.1, -0.05) is 115 Å². The number of unbranched alkanes of at least 4 members (excludes halogenated alkanes) is 13. The zero-order chi connectivity index (χ0) is 27.1. The SMILES string of the molecule is CCCCCCCCCCCCCCCCOCC(COCc1ccccc1CN1C=C(C)SC1)OCC. The number of allylic oxidation sites excluding steroid dienone is 1. The molecule has 1 heterocycles. The molecule has 0 spiro atoms. The molecule has 1 aliphatic heterocycles. The fourth-order valence-corrected chi connectivity index (χ4v) is 5.73. The second kappa shape index (κ2) is 22.8. The maximum atomic E-state index is 6.10. The summed E-state index contributed by atoms with van der Waals surface area (Å²) in [6, 6.07) is 8.61. The van der Waals surface area contributed by atoms with Gasteiger partial charge < -0.3 is 19.1 Å². The summed E-state index contributed by atoms with van der Waals surface area (Å²) < 4.78 is 17.9. The second-order valence-corrected chi connectivity index (χ2v) is 12.0. The van der Waals surface area contributed by atoms with Gasteiger partial charge in [0.25, 0.3) is 0 Å². The summed E-state index contributed by atoms with van der Waals surface area (Å²) in [7, 11) is 0. The van der Waals surface area contributed by atoms with Crippen LogP contribution in [0, 0.1) is 0 Å². The minimum absolute atomic E-state index is 0.000581. The number of benzene rings is 1. The van der Waals surface area contributed by atoms with Gasteiger partial charge in [0.05, 0.1) is 25.7 Å². The van der Waals surface area contributed by atoms with Gasteiger partial charge in [0.1, 0.15) is 6.10 Å². The Bertz CT molecular complexity index is 726. The van der Waals surface area contributed by atoms with Gasteiger partial charge >= 0.3 is 0 Å². The van der Waals surface area contributed by atoms with Crippen molar-refractivity contribution in [1.29, 1.82) is 0 Å². The fourth-order valence-electron chi connectivity index (χ4n) is 4.97. The van der Waals surface area contributed by atoms with Gasteiger partial charge in [-0.25, -0.2) is 0 Å². The Morgan fingerprint density at radius 3 is 1.92 bits per heavy atom. The number of ether oxygens (including phenoxy) is 3. The van der Waals surface area contributed by atoms with Gasteiger partial charge in [0, 0.05) is 26.0 Å². The van der Waals surface area contributed by atoms with Crippen LogP contribution in [0.4, 0.5) is 0 Å². The van der Waals surface area contributed by atoms with Crippen LogP contribution in [0.1, 0.15) is 122 Å². The van der Waals surface area contributed by atoms with Gasteiger partial charge in [-0.05, 0) is 36.3 Å². The molecule has 218 valence electrons. The van der Waals surface area contributed by atoms with Crippen molar-refractivity contribution >= 4 is 11.8 Å². The summed E-state index contributed by atoms with van der Waals surface area (Å²) in [5.74, 6) is 1.03. The molecular weight excluding hydrogens is 490 g/mol. The molecule has 0 fully saturated rings. The number of thioether (sulfide) groups is 1. The van der Waals surface area contributed by atoms with E-state index >= 15 is 0 Å². The molecule has 0 radical (unpaired) electrons. The topological polar surface area (TPSA) is 30.9 Å². The van der Waals surface area contributed by atoms with E-state index < -0.39 is 0 Å². The first-order chi connectivity index (χ1) is 18.7. The minimum atomic E-state index is -0.000581. The van der Waals surface area contributed by atoms with Crippen molar-refractivity contribution in [2.75, 3.05) is 32.3 Å². The first kappa shape index (κ1) is 33.2. The van der Waals surface area contributed by atoms with Crippen LogP contribution in [0.15, 0.2) is 35.4 Å². The zero-order valence-electron chi connectivity index (χ0n) is 24.9. The quantitative estimate of drug-likeness (QED) is 0.114. The summed E-state index contributed by atoms with van der Waals surface area (Å²) in [6.07, 6.45) is 21.6. The Labute approximate surface area is 239 Å². The highest BCUT2D eigenvalue weighted by atomic mass is 32.2. The summed E-state index contributed by atoms with van der Waals surface area (Å²) in [4.78, 5) is 3.75. The van der Waals surface area contributed by atoms with E-state index in [4.69, 9.17) is 14.2 Å². The van der Waals surface area contributed by atoms with Crippen molar-refractivity contribution < 1.29 is 14.2 Å². The Kier molecular flexibility index (Phi) is 19.9. The highest BCUT2D eigenvalue weighted by molar-refractivity contribution is 8.03. The van der Waals surface area contributed by atoms with E-state index in [-0.39, 0.29) is 6.10 Å². The van der Waals surface area contributed by atoms with Crippen LogP contribution in [-0.2, 0) is 27.4 Å². The van der Waals surface area contributed by atoms with Crippen LogP contribution in [0.25, 0.3) is 0 Å². The highest BCUT2D eigenvalue weighted by Gasteiger charge is 2.13. The maximum absolute atomic E-state index is 6.10. The van der Waals surface area contributed by atoms with Crippen LogP contribution in [-0.4, -0.2) is 43.3 Å². The molecule has 0 amide bonds. The zero-order valence-corrected chi connectivity index (χ0v) is 25.7. The highest BCUT2D eigenvalue weighted by Crippen LogP contribution is 2.26. The van der Waals surface area contributed by atoms with E-state index in [2.05, 4.69) is 49.2 Å². The van der Waals surface area contributed by atoms with E-state index in [9.17, 15) is 0 Å². The lowest BCUT2D eigenvalue weighted by Gasteiger charge is -2.20. The molecule has 1 unspecified atom stereocenters. The number of rotatable bonds is 25. The first-order valence-corrected chi connectivity index (χ1v) is 16.6. The lowest BCUT2D eigenvalue weighted by Crippen LogP contribution is -2.26. The van der Waals surface area contributed by atoms with Gasteiger partial charge in [0.15, 0.2) is 0 Å². The third-order valence-corrected chi connectivity index (χ3v) is 8.25. The molecule has 2 rings (SSSR count). The molecule has 0 aromatic heterocycles. The molecule has 1 aromatic rings. The van der Waals surface area contributed by atoms with Crippen LogP contribution in [0.5, 0.6) is 0 Å². The predicted octanol–water partition coefficient (Wildman–Crippen LogP) is 9.47. The largest absolute Gasteiger partial charge is 0.379 e. The maximum Gasteiger partial charge on any atom is 0.104 e. The molecule has 1 aliphatic rings. The summed E-state index contributed by atoms with van der Waals surface area (Å²) in [6.45, 7) is 10.7. The number of hydrogen-bond acceptors (Lipinski definition) is 5.